The number of nitrogens with one attached hydrogen (secondary N) is 2. The topological polar surface area (TPSA) is 47.6 Å². The van der Waals surface area contributed by atoms with Gasteiger partial charge in [0, 0.05) is 38.4 Å². The lowest BCUT2D eigenvalue weighted by Gasteiger charge is -2.30. The van der Waals surface area contributed by atoms with Crippen LogP contribution in [0.15, 0.2) is 30.3 Å². The van der Waals surface area contributed by atoms with Crippen molar-refractivity contribution in [2.45, 2.75) is 32.6 Å². The van der Waals surface area contributed by atoms with Crippen molar-refractivity contribution in [2.75, 3.05) is 50.7 Å². The number of amides is 2. The predicted octanol–water partition coefficient (Wildman–Crippen LogP) is 2.93. The third-order valence-electron chi connectivity index (χ3n) is 5.64. The van der Waals surface area contributed by atoms with Crippen molar-refractivity contribution in [2.24, 2.45) is 11.8 Å². The van der Waals surface area contributed by atoms with Crippen LogP contribution in [-0.2, 0) is 0 Å². The number of benzene rings is 1. The molecular formula is C21H34N4O. The number of anilines is 1. The summed E-state index contributed by atoms with van der Waals surface area (Å²) in [7, 11) is 0. The van der Waals surface area contributed by atoms with Gasteiger partial charge in [-0.15, -0.1) is 0 Å². The van der Waals surface area contributed by atoms with Gasteiger partial charge in [-0.1, -0.05) is 25.1 Å². The molecular weight excluding hydrogens is 324 g/mol. The van der Waals surface area contributed by atoms with E-state index in [0.717, 1.165) is 51.5 Å². The van der Waals surface area contributed by atoms with Gasteiger partial charge >= 0.3 is 6.03 Å². The van der Waals surface area contributed by atoms with E-state index in [2.05, 4.69) is 57.7 Å². The fourth-order valence-electron chi connectivity index (χ4n) is 4.17. The van der Waals surface area contributed by atoms with E-state index in [1.54, 1.807) is 0 Å². The molecule has 144 valence electrons. The van der Waals surface area contributed by atoms with Gasteiger partial charge in [0.2, 0.25) is 0 Å². The van der Waals surface area contributed by atoms with Gasteiger partial charge in [0.15, 0.2) is 0 Å². The number of para-hydroxylation sites is 1. The zero-order chi connectivity index (χ0) is 18.2. The molecule has 1 aromatic rings. The molecule has 0 saturated carbocycles. The first-order valence-corrected chi connectivity index (χ1v) is 10.2. The second-order valence-corrected chi connectivity index (χ2v) is 7.97. The second-order valence-electron chi connectivity index (χ2n) is 7.97. The molecule has 2 aliphatic rings. The summed E-state index contributed by atoms with van der Waals surface area (Å²) in [6.07, 6.45) is 4.85. The molecule has 2 saturated heterocycles. The summed E-state index contributed by atoms with van der Waals surface area (Å²) in [5, 5.41) is 6.06. The third kappa shape index (κ3) is 5.90. The van der Waals surface area contributed by atoms with Crippen molar-refractivity contribution in [1.82, 2.24) is 15.5 Å². The summed E-state index contributed by atoms with van der Waals surface area (Å²) < 4.78 is 0. The maximum absolute atomic E-state index is 12.0. The summed E-state index contributed by atoms with van der Waals surface area (Å²) in [5.41, 5.74) is 1.28. The lowest BCUT2D eigenvalue weighted by molar-refractivity contribution is 0.181. The molecule has 0 bridgehead atoms. The van der Waals surface area contributed by atoms with Crippen molar-refractivity contribution < 1.29 is 4.79 Å². The first kappa shape index (κ1) is 19.0. The van der Waals surface area contributed by atoms with E-state index in [1.807, 2.05) is 0 Å². The number of rotatable bonds is 7. The van der Waals surface area contributed by atoms with Crippen LogP contribution in [0.5, 0.6) is 0 Å². The van der Waals surface area contributed by atoms with Gasteiger partial charge in [-0.25, -0.2) is 4.79 Å². The van der Waals surface area contributed by atoms with Crippen molar-refractivity contribution in [1.29, 1.82) is 0 Å². The maximum Gasteiger partial charge on any atom is 0.314 e. The van der Waals surface area contributed by atoms with Crippen LogP contribution in [0.2, 0.25) is 0 Å². The fraction of sp³-hybridized carbons (Fsp3) is 0.667. The van der Waals surface area contributed by atoms with Gasteiger partial charge in [-0.05, 0) is 62.7 Å². The molecule has 2 heterocycles. The van der Waals surface area contributed by atoms with E-state index in [-0.39, 0.29) is 6.03 Å². The Balaban J connectivity index is 1.25. The molecule has 0 spiro atoms. The van der Waals surface area contributed by atoms with Gasteiger partial charge in [-0.3, -0.25) is 0 Å². The zero-order valence-corrected chi connectivity index (χ0v) is 16.1. The summed E-state index contributed by atoms with van der Waals surface area (Å²) in [6.45, 7) is 9.49. The highest BCUT2D eigenvalue weighted by molar-refractivity contribution is 5.73. The smallest absolute Gasteiger partial charge is 0.314 e. The Morgan fingerprint density at radius 3 is 2.77 bits per heavy atom. The molecule has 2 fully saturated rings. The van der Waals surface area contributed by atoms with Crippen LogP contribution in [0.25, 0.3) is 0 Å². The highest BCUT2D eigenvalue weighted by Gasteiger charge is 2.23. The van der Waals surface area contributed by atoms with E-state index in [4.69, 9.17) is 0 Å². The second kappa shape index (κ2) is 9.81. The number of hydrogen-bond donors (Lipinski definition) is 2. The molecule has 5 heteroatoms. The number of nitrogens with zero attached hydrogens (tertiary/aromatic N) is 2. The van der Waals surface area contributed by atoms with Crippen molar-refractivity contribution >= 4 is 11.7 Å². The molecule has 1 aromatic carbocycles. The Kier molecular flexibility index (Phi) is 7.18. The van der Waals surface area contributed by atoms with Crippen LogP contribution in [0, 0.1) is 11.8 Å². The van der Waals surface area contributed by atoms with Crippen molar-refractivity contribution in [3.05, 3.63) is 30.3 Å². The largest absolute Gasteiger partial charge is 0.371 e. The van der Waals surface area contributed by atoms with Crippen molar-refractivity contribution in [3.63, 3.8) is 0 Å². The first-order chi connectivity index (χ1) is 12.7. The predicted molar refractivity (Wildman–Crippen MR) is 108 cm³/mol. The van der Waals surface area contributed by atoms with E-state index < -0.39 is 0 Å². The summed E-state index contributed by atoms with van der Waals surface area (Å²) in [4.78, 5) is 16.9. The number of carbonyl (C=O) groups is 1. The number of piperidine rings is 1. The van der Waals surface area contributed by atoms with E-state index in [0.29, 0.717) is 5.92 Å². The summed E-state index contributed by atoms with van der Waals surface area (Å²) >= 11 is 0. The standard InChI is InChI=1S/C21H34N4O/c1-18-7-5-12-24(16-18)13-6-11-22-21(26)23-15-19-10-14-25(17-19)20-8-3-2-4-9-20/h2-4,8-9,18-19H,5-7,10-17H2,1H3,(H2,22,23,26)/t18-,19+/m0/s1. The fourth-order valence-corrected chi connectivity index (χ4v) is 4.17. The molecule has 2 N–H and O–H groups in total. The molecule has 0 aliphatic carbocycles. The average molecular weight is 359 g/mol. The highest BCUT2D eigenvalue weighted by Crippen LogP contribution is 2.22. The van der Waals surface area contributed by atoms with Crippen molar-refractivity contribution in [3.8, 4) is 0 Å². The number of likely N-dealkylation sites (tertiary alicyclic amines) is 1. The summed E-state index contributed by atoms with van der Waals surface area (Å²) in [5.74, 6) is 1.36. The van der Waals surface area contributed by atoms with E-state index >= 15 is 0 Å². The minimum absolute atomic E-state index is 0.0184. The SMILES string of the molecule is C[C@H]1CCCN(CCCNC(=O)NC[C@H]2CCN(c3ccccc3)C2)C1. The lowest BCUT2D eigenvalue weighted by Crippen LogP contribution is -2.40. The van der Waals surface area contributed by atoms with E-state index in [9.17, 15) is 4.79 Å². The van der Waals surface area contributed by atoms with Gasteiger partial charge in [0.1, 0.15) is 0 Å². The minimum Gasteiger partial charge on any atom is -0.371 e. The molecule has 2 atom stereocenters. The summed E-state index contributed by atoms with van der Waals surface area (Å²) in [6, 6.07) is 10.5. The van der Waals surface area contributed by atoms with Crippen LogP contribution in [0.4, 0.5) is 10.5 Å². The Labute approximate surface area is 158 Å². The molecule has 0 radical (unpaired) electrons. The highest BCUT2D eigenvalue weighted by atomic mass is 16.2. The lowest BCUT2D eigenvalue weighted by atomic mass is 10.0. The molecule has 3 rings (SSSR count). The van der Waals surface area contributed by atoms with Crippen LogP contribution in [0.3, 0.4) is 0 Å². The molecule has 26 heavy (non-hydrogen) atoms. The Morgan fingerprint density at radius 2 is 1.96 bits per heavy atom. The van der Waals surface area contributed by atoms with Crippen LogP contribution >= 0.6 is 0 Å². The van der Waals surface area contributed by atoms with Gasteiger partial charge in [-0.2, -0.15) is 0 Å². The van der Waals surface area contributed by atoms with Crippen LogP contribution in [0.1, 0.15) is 32.6 Å². The first-order valence-electron chi connectivity index (χ1n) is 10.2. The van der Waals surface area contributed by atoms with Gasteiger partial charge in [0.25, 0.3) is 0 Å². The molecule has 2 amide bonds. The molecule has 5 nitrogen and oxygen atoms in total. The zero-order valence-electron chi connectivity index (χ0n) is 16.1. The van der Waals surface area contributed by atoms with Gasteiger partial charge in [0.05, 0.1) is 0 Å². The average Bonchev–Trinajstić information content (AvgIpc) is 3.13. The minimum atomic E-state index is -0.0184. The Hall–Kier alpha value is -1.75. The Morgan fingerprint density at radius 1 is 1.12 bits per heavy atom. The quantitative estimate of drug-likeness (QED) is 0.737. The number of carbonyl (C=O) groups excluding carboxylic acids is 1. The van der Waals surface area contributed by atoms with Gasteiger partial charge < -0.3 is 20.4 Å². The maximum atomic E-state index is 12.0. The van der Waals surface area contributed by atoms with Crippen LogP contribution in [-0.4, -0.2) is 56.7 Å². The van der Waals surface area contributed by atoms with E-state index in [1.165, 1.54) is 31.6 Å². The molecule has 2 aliphatic heterocycles. The van der Waals surface area contributed by atoms with Crippen LogP contribution < -0.4 is 15.5 Å². The number of hydrogen-bond acceptors (Lipinski definition) is 3. The molecule has 0 unspecified atom stereocenters. The monoisotopic (exact) mass is 358 g/mol. The third-order valence-corrected chi connectivity index (χ3v) is 5.64. The Bertz CT molecular complexity index is 550. The molecule has 0 aromatic heterocycles. The number of urea groups is 1. The normalized spacial score (nSPS) is 23.8.